The van der Waals surface area contributed by atoms with E-state index >= 15 is 0 Å². The fourth-order valence-electron chi connectivity index (χ4n) is 3.89. The molecule has 2 aliphatic heterocycles. The van der Waals surface area contributed by atoms with Gasteiger partial charge in [-0.3, -0.25) is 0 Å². The molecule has 0 saturated carbocycles. The van der Waals surface area contributed by atoms with Gasteiger partial charge in [-0.2, -0.15) is 4.98 Å². The van der Waals surface area contributed by atoms with Crippen molar-refractivity contribution in [2.45, 2.75) is 71.1 Å². The minimum Gasteiger partial charge on any atom is -0.373 e. The Labute approximate surface area is 126 Å². The number of piperidine rings is 1. The number of nitrogens with one attached hydrogen (secondary N) is 1. The van der Waals surface area contributed by atoms with Gasteiger partial charge in [-0.15, -0.1) is 0 Å². The van der Waals surface area contributed by atoms with E-state index in [0.29, 0.717) is 23.8 Å². The Morgan fingerprint density at radius 2 is 1.95 bits per heavy atom. The Balaban J connectivity index is 1.65. The van der Waals surface area contributed by atoms with Gasteiger partial charge in [-0.25, -0.2) is 0 Å². The van der Waals surface area contributed by atoms with Crippen LogP contribution < -0.4 is 5.32 Å². The van der Waals surface area contributed by atoms with Crippen LogP contribution in [0.3, 0.4) is 0 Å². The number of fused-ring (bicyclic) bond motifs is 2. The molecule has 2 fully saturated rings. The second-order valence-electron chi connectivity index (χ2n) is 7.71. The van der Waals surface area contributed by atoms with Gasteiger partial charge in [0, 0.05) is 25.6 Å². The Hall–Kier alpha value is -0.940. The first-order valence-electron chi connectivity index (χ1n) is 8.07. The number of hydrogen-bond donors (Lipinski definition) is 1. The lowest BCUT2D eigenvalue weighted by Gasteiger charge is -2.28. The Morgan fingerprint density at radius 3 is 2.52 bits per heavy atom. The first kappa shape index (κ1) is 15.0. The number of rotatable bonds is 4. The van der Waals surface area contributed by atoms with Gasteiger partial charge in [0.15, 0.2) is 0 Å². The zero-order valence-corrected chi connectivity index (χ0v) is 13.6. The third-order valence-corrected chi connectivity index (χ3v) is 4.77. The maximum Gasteiger partial charge on any atom is 0.227 e. The number of nitrogens with zero attached hydrogens (tertiary/aromatic N) is 2. The van der Waals surface area contributed by atoms with Crippen molar-refractivity contribution in [3.05, 3.63) is 11.7 Å². The van der Waals surface area contributed by atoms with E-state index in [1.165, 1.54) is 25.7 Å². The monoisotopic (exact) mass is 293 g/mol. The van der Waals surface area contributed by atoms with Crippen molar-refractivity contribution in [2.24, 2.45) is 11.3 Å². The summed E-state index contributed by atoms with van der Waals surface area (Å²) in [6, 6.07) is 1.41. The Bertz CT molecular complexity index is 468. The number of aromatic nitrogens is 2. The normalized spacial score (nSPS) is 30.6. The summed E-state index contributed by atoms with van der Waals surface area (Å²) in [5.41, 5.74) is -0.0379. The standard InChI is InChI=1S/C16H27N3O2/c1-16(2,3)14(20-4)15-18-13(21-19-15)9-10-7-11-5-6-12(8-10)17-11/h10-12,14,17H,5-9H2,1-4H3. The minimum atomic E-state index is -0.126. The lowest BCUT2D eigenvalue weighted by Crippen LogP contribution is -2.38. The zero-order chi connectivity index (χ0) is 15.0. The molecule has 0 amide bonds. The average Bonchev–Trinajstić information content (AvgIpc) is 2.96. The van der Waals surface area contributed by atoms with Crippen molar-refractivity contribution in [1.82, 2.24) is 15.5 Å². The molecule has 21 heavy (non-hydrogen) atoms. The van der Waals surface area contributed by atoms with Gasteiger partial charge in [-0.05, 0) is 37.0 Å². The largest absolute Gasteiger partial charge is 0.373 e. The maximum atomic E-state index is 5.55. The Morgan fingerprint density at radius 1 is 1.29 bits per heavy atom. The third-order valence-electron chi connectivity index (χ3n) is 4.77. The molecule has 1 N–H and O–H groups in total. The highest BCUT2D eigenvalue weighted by atomic mass is 16.5. The summed E-state index contributed by atoms with van der Waals surface area (Å²) < 4.78 is 11.0. The average molecular weight is 293 g/mol. The molecule has 1 aromatic heterocycles. The fourth-order valence-corrected chi connectivity index (χ4v) is 3.89. The molecule has 2 bridgehead atoms. The van der Waals surface area contributed by atoms with Crippen LogP contribution in [0.2, 0.25) is 0 Å². The third kappa shape index (κ3) is 3.29. The predicted molar refractivity (Wildman–Crippen MR) is 79.9 cm³/mol. The van der Waals surface area contributed by atoms with E-state index < -0.39 is 0 Å². The van der Waals surface area contributed by atoms with Crippen molar-refractivity contribution >= 4 is 0 Å². The molecule has 0 spiro atoms. The summed E-state index contributed by atoms with van der Waals surface area (Å²) in [6.07, 6.45) is 5.90. The molecule has 2 aliphatic rings. The van der Waals surface area contributed by atoms with Crippen LogP contribution in [0.1, 0.15) is 64.3 Å². The van der Waals surface area contributed by atoms with Gasteiger partial charge in [0.2, 0.25) is 11.7 Å². The van der Waals surface area contributed by atoms with Crippen LogP contribution in [0, 0.1) is 11.3 Å². The van der Waals surface area contributed by atoms with Gasteiger partial charge in [-0.1, -0.05) is 25.9 Å². The van der Waals surface area contributed by atoms with Crippen LogP contribution in [-0.2, 0) is 11.2 Å². The summed E-state index contributed by atoms with van der Waals surface area (Å²) in [6.45, 7) is 6.38. The van der Waals surface area contributed by atoms with Gasteiger partial charge >= 0.3 is 0 Å². The minimum absolute atomic E-state index is 0.0379. The molecule has 0 aromatic carbocycles. The summed E-state index contributed by atoms with van der Waals surface area (Å²) >= 11 is 0. The van der Waals surface area contributed by atoms with Gasteiger partial charge in [0.25, 0.3) is 0 Å². The Kier molecular flexibility index (Phi) is 4.06. The summed E-state index contributed by atoms with van der Waals surface area (Å²) in [7, 11) is 1.70. The highest BCUT2D eigenvalue weighted by Crippen LogP contribution is 2.35. The van der Waals surface area contributed by atoms with Crippen molar-refractivity contribution in [2.75, 3.05) is 7.11 Å². The molecule has 3 heterocycles. The van der Waals surface area contributed by atoms with Crippen molar-refractivity contribution < 1.29 is 9.26 Å². The molecule has 1 aromatic rings. The zero-order valence-electron chi connectivity index (χ0n) is 13.6. The summed E-state index contributed by atoms with van der Waals surface area (Å²) in [4.78, 5) is 4.59. The first-order valence-corrected chi connectivity index (χ1v) is 8.07. The van der Waals surface area contributed by atoms with E-state index in [1.54, 1.807) is 7.11 Å². The molecule has 3 rings (SSSR count). The van der Waals surface area contributed by atoms with E-state index in [4.69, 9.17) is 9.26 Å². The van der Waals surface area contributed by atoms with Crippen molar-refractivity contribution in [3.8, 4) is 0 Å². The number of methoxy groups -OCH3 is 1. The molecule has 0 aliphatic carbocycles. The maximum absolute atomic E-state index is 5.55. The fraction of sp³-hybridized carbons (Fsp3) is 0.875. The topological polar surface area (TPSA) is 60.2 Å². The van der Waals surface area contributed by atoms with E-state index in [0.717, 1.165) is 12.3 Å². The molecule has 118 valence electrons. The first-order chi connectivity index (χ1) is 9.95. The van der Waals surface area contributed by atoms with E-state index in [1.807, 2.05) is 0 Å². The molecular formula is C16H27N3O2. The lowest BCUT2D eigenvalue weighted by molar-refractivity contribution is 0.00718. The second-order valence-corrected chi connectivity index (χ2v) is 7.71. The summed E-state index contributed by atoms with van der Waals surface area (Å²) in [5, 5.41) is 7.82. The van der Waals surface area contributed by atoms with Crippen LogP contribution in [0.15, 0.2) is 4.52 Å². The van der Waals surface area contributed by atoms with Crippen LogP contribution in [0.5, 0.6) is 0 Å². The molecule has 0 radical (unpaired) electrons. The van der Waals surface area contributed by atoms with E-state index in [9.17, 15) is 0 Å². The van der Waals surface area contributed by atoms with Crippen LogP contribution in [0.25, 0.3) is 0 Å². The summed E-state index contributed by atoms with van der Waals surface area (Å²) in [5.74, 6) is 2.12. The molecular weight excluding hydrogens is 266 g/mol. The SMILES string of the molecule is COC(c1noc(CC2CC3CCC(C2)N3)n1)C(C)(C)C. The lowest BCUT2D eigenvalue weighted by atomic mass is 9.88. The van der Waals surface area contributed by atoms with Crippen molar-refractivity contribution in [1.29, 1.82) is 0 Å². The van der Waals surface area contributed by atoms with Crippen LogP contribution in [-0.4, -0.2) is 29.3 Å². The second kappa shape index (κ2) is 5.69. The van der Waals surface area contributed by atoms with Gasteiger partial charge in [0.05, 0.1) is 0 Å². The number of ether oxygens (including phenoxy) is 1. The predicted octanol–water partition coefficient (Wildman–Crippen LogP) is 2.88. The van der Waals surface area contributed by atoms with Crippen molar-refractivity contribution in [3.63, 3.8) is 0 Å². The van der Waals surface area contributed by atoms with Gasteiger partial charge < -0.3 is 14.6 Å². The highest BCUT2D eigenvalue weighted by Gasteiger charge is 2.35. The highest BCUT2D eigenvalue weighted by molar-refractivity contribution is 4.99. The molecule has 5 heteroatoms. The molecule has 3 atom stereocenters. The quantitative estimate of drug-likeness (QED) is 0.925. The van der Waals surface area contributed by atoms with E-state index in [2.05, 4.69) is 36.2 Å². The van der Waals surface area contributed by atoms with Crippen LogP contribution in [0.4, 0.5) is 0 Å². The van der Waals surface area contributed by atoms with Crippen LogP contribution >= 0.6 is 0 Å². The van der Waals surface area contributed by atoms with Gasteiger partial charge in [0.1, 0.15) is 6.10 Å². The molecule has 3 unspecified atom stereocenters. The molecule has 5 nitrogen and oxygen atoms in total. The smallest absolute Gasteiger partial charge is 0.227 e. The van der Waals surface area contributed by atoms with E-state index in [-0.39, 0.29) is 11.5 Å². The number of hydrogen-bond acceptors (Lipinski definition) is 5. The molecule has 2 saturated heterocycles.